The first-order valence-corrected chi connectivity index (χ1v) is 18.2. The third-order valence-electron chi connectivity index (χ3n) is 5.39. The molecule has 0 fully saturated rings. The van der Waals surface area contributed by atoms with Gasteiger partial charge in [-0.25, -0.2) is 8.42 Å². The van der Waals surface area contributed by atoms with Crippen LogP contribution in [0.1, 0.15) is 39.5 Å². The van der Waals surface area contributed by atoms with Crippen molar-refractivity contribution < 1.29 is 35.6 Å². The minimum Gasteiger partial charge on any atom is -0.741 e. The first-order valence-electron chi connectivity index (χ1n) is 13.0. The van der Waals surface area contributed by atoms with Gasteiger partial charge in [0.15, 0.2) is 19.9 Å². The van der Waals surface area contributed by atoms with Crippen LogP contribution in [0, 0.1) is 0 Å². The van der Waals surface area contributed by atoms with Gasteiger partial charge in [-0.1, -0.05) is 55.9 Å². The third-order valence-corrected chi connectivity index (χ3v) is 11.8. The van der Waals surface area contributed by atoms with E-state index in [2.05, 4.69) is 92.0 Å². The number of unbranched alkanes of at least 4 members (excludes halogenated alkanes) is 2. The summed E-state index contributed by atoms with van der Waals surface area (Å²) >= 11 is 5.53. The second-order valence-electron chi connectivity index (χ2n) is 8.66. The normalized spacial score (nSPS) is 11.7. The molecule has 228 valence electrons. The molecule has 42 heavy (non-hydrogen) atoms. The Morgan fingerprint density at radius 2 is 1.31 bits per heavy atom. The molecular weight excluding hydrogens is 646 g/mol. The number of rotatable bonds is 13. The lowest BCUT2D eigenvalue weighted by Crippen LogP contribution is -2.21. The summed E-state index contributed by atoms with van der Waals surface area (Å²) in [5.74, 6) is 1.89. The molecule has 0 aliphatic carbocycles. The van der Waals surface area contributed by atoms with E-state index in [1.165, 1.54) is 22.4 Å². The maximum absolute atomic E-state index is 10.7. The molecule has 0 bridgehead atoms. The SMILES string of the molecule is CCCCOc1ccc([S+](c2ccc(OCCCC)cc2)c2ccc(Sc3cccs3)s2)cc1.O=S(=O)([O-])C(F)(F)F. The van der Waals surface area contributed by atoms with E-state index in [9.17, 15) is 13.2 Å². The van der Waals surface area contributed by atoms with Crippen LogP contribution in [0.5, 0.6) is 11.5 Å². The van der Waals surface area contributed by atoms with Crippen molar-refractivity contribution in [3.8, 4) is 11.5 Å². The second-order valence-corrected chi connectivity index (χ2v) is 15.9. The van der Waals surface area contributed by atoms with Gasteiger partial charge in [-0.05, 0) is 78.9 Å². The van der Waals surface area contributed by atoms with Gasteiger partial charge in [-0.15, -0.1) is 11.3 Å². The van der Waals surface area contributed by atoms with Crippen molar-refractivity contribution in [1.82, 2.24) is 0 Å². The average Bonchev–Trinajstić information content (AvgIpc) is 3.63. The monoisotopic (exact) mass is 676 g/mol. The fourth-order valence-electron chi connectivity index (χ4n) is 3.27. The van der Waals surface area contributed by atoms with E-state index >= 15 is 0 Å². The molecule has 0 saturated carbocycles. The van der Waals surface area contributed by atoms with Crippen molar-refractivity contribution in [3.63, 3.8) is 0 Å². The summed E-state index contributed by atoms with van der Waals surface area (Å²) in [7, 11) is -6.27. The van der Waals surface area contributed by atoms with Gasteiger partial charge in [0.2, 0.25) is 4.21 Å². The summed E-state index contributed by atoms with van der Waals surface area (Å²) in [5.41, 5.74) is -5.65. The Balaban J connectivity index is 0.000000531. The van der Waals surface area contributed by atoms with Crippen molar-refractivity contribution in [2.75, 3.05) is 13.2 Å². The van der Waals surface area contributed by atoms with Gasteiger partial charge in [0.1, 0.15) is 22.4 Å². The number of hydrogen-bond acceptors (Lipinski definition) is 8. The lowest BCUT2D eigenvalue weighted by atomic mass is 10.3. The minimum atomic E-state index is -6.09. The summed E-state index contributed by atoms with van der Waals surface area (Å²) in [4.78, 5) is 2.61. The fraction of sp³-hybridized carbons (Fsp3) is 0.310. The van der Waals surface area contributed by atoms with E-state index in [1.54, 1.807) is 11.3 Å². The number of hydrogen-bond donors (Lipinski definition) is 0. The molecule has 4 aromatic rings. The molecule has 4 rings (SSSR count). The first-order chi connectivity index (χ1) is 20.0. The molecule has 2 aromatic carbocycles. The predicted octanol–water partition coefficient (Wildman–Crippen LogP) is 9.47. The number of alkyl halides is 3. The van der Waals surface area contributed by atoms with E-state index in [0.29, 0.717) is 0 Å². The quantitative estimate of drug-likeness (QED) is 0.0608. The smallest absolute Gasteiger partial charge is 0.485 e. The predicted molar refractivity (Wildman–Crippen MR) is 164 cm³/mol. The van der Waals surface area contributed by atoms with Gasteiger partial charge in [-0.3, -0.25) is 0 Å². The highest BCUT2D eigenvalue weighted by atomic mass is 32.2. The summed E-state index contributed by atoms with van der Waals surface area (Å²) in [5, 5.41) is 2.13. The number of benzene rings is 2. The van der Waals surface area contributed by atoms with Crippen LogP contribution >= 0.6 is 34.4 Å². The third kappa shape index (κ3) is 10.8. The lowest BCUT2D eigenvalue weighted by Gasteiger charge is -2.09. The van der Waals surface area contributed by atoms with Crippen LogP contribution in [0.15, 0.2) is 101 Å². The van der Waals surface area contributed by atoms with Crippen LogP contribution < -0.4 is 9.47 Å². The summed E-state index contributed by atoms with van der Waals surface area (Å²) in [6, 6.07) is 26.2. The Kier molecular flexibility index (Phi) is 13.6. The Bertz CT molecular complexity index is 1380. The Morgan fingerprint density at radius 1 is 0.810 bits per heavy atom. The molecule has 0 radical (unpaired) electrons. The molecule has 0 amide bonds. The maximum Gasteiger partial charge on any atom is 0.485 e. The number of thiophene rings is 2. The van der Waals surface area contributed by atoms with Crippen molar-refractivity contribution in [1.29, 1.82) is 0 Å². The molecular formula is C29H31F3O5S5. The molecule has 0 aliphatic rings. The van der Waals surface area contributed by atoms with E-state index < -0.39 is 15.6 Å². The number of ether oxygens (including phenoxy) is 2. The van der Waals surface area contributed by atoms with E-state index in [1.807, 2.05) is 23.1 Å². The van der Waals surface area contributed by atoms with Crippen LogP contribution in [-0.4, -0.2) is 31.7 Å². The average molecular weight is 677 g/mol. The van der Waals surface area contributed by atoms with Crippen molar-refractivity contribution >= 4 is 55.4 Å². The molecule has 0 saturated heterocycles. The van der Waals surface area contributed by atoms with Gasteiger partial charge in [0.25, 0.3) is 0 Å². The number of halogens is 3. The first kappa shape index (κ1) is 34.3. The summed E-state index contributed by atoms with van der Waals surface area (Å²) in [6.07, 6.45) is 4.45. The molecule has 0 unspecified atom stereocenters. The largest absolute Gasteiger partial charge is 0.741 e. The Morgan fingerprint density at radius 3 is 1.71 bits per heavy atom. The second kappa shape index (κ2) is 16.6. The van der Waals surface area contributed by atoms with Gasteiger partial charge >= 0.3 is 5.51 Å². The van der Waals surface area contributed by atoms with Gasteiger partial charge < -0.3 is 14.0 Å². The lowest BCUT2D eigenvalue weighted by molar-refractivity contribution is -0.0517. The van der Waals surface area contributed by atoms with Crippen LogP contribution in [0.25, 0.3) is 0 Å². The topological polar surface area (TPSA) is 75.7 Å². The summed E-state index contributed by atoms with van der Waals surface area (Å²) in [6.45, 7) is 5.92. The molecule has 0 N–H and O–H groups in total. The van der Waals surface area contributed by atoms with Crippen LogP contribution in [0.3, 0.4) is 0 Å². The molecule has 2 aromatic heterocycles. The van der Waals surface area contributed by atoms with Gasteiger partial charge in [0, 0.05) is 6.07 Å². The van der Waals surface area contributed by atoms with Crippen LogP contribution in [-0.2, 0) is 21.0 Å². The van der Waals surface area contributed by atoms with Crippen molar-refractivity contribution in [2.45, 2.75) is 67.5 Å². The van der Waals surface area contributed by atoms with Crippen molar-refractivity contribution in [2.24, 2.45) is 0 Å². The molecule has 5 nitrogen and oxygen atoms in total. The molecule has 0 aliphatic heterocycles. The van der Waals surface area contributed by atoms with Crippen molar-refractivity contribution in [3.05, 3.63) is 78.2 Å². The van der Waals surface area contributed by atoms with E-state index in [-0.39, 0.29) is 10.9 Å². The van der Waals surface area contributed by atoms with Gasteiger partial charge in [0.05, 0.1) is 21.6 Å². The fourth-order valence-corrected chi connectivity index (χ4v) is 9.26. The zero-order valence-electron chi connectivity index (χ0n) is 23.0. The van der Waals surface area contributed by atoms with Gasteiger partial charge in [-0.2, -0.15) is 13.2 Å². The molecule has 0 spiro atoms. The van der Waals surface area contributed by atoms with E-state index in [4.69, 9.17) is 22.4 Å². The zero-order valence-corrected chi connectivity index (χ0v) is 27.0. The minimum absolute atomic E-state index is 0.176. The highest BCUT2D eigenvalue weighted by Crippen LogP contribution is 2.42. The zero-order chi connectivity index (χ0) is 30.6. The van der Waals surface area contributed by atoms with Crippen LogP contribution in [0.4, 0.5) is 13.2 Å². The Labute approximate surface area is 260 Å². The van der Waals surface area contributed by atoms with Crippen LogP contribution in [0.2, 0.25) is 0 Å². The standard InChI is InChI=1S/C28H31O2S4.CHF3O3S/c1-3-5-19-29-22-9-13-24(14-10-22)34(25-15-11-23(12-16-25)30-20-6-4-2)28-18-17-27(33-28)32-26-8-7-21-31-26;2-1(3,4)8(5,6)7/h7-18,21H,3-6,19-20H2,1-2H3;(H,5,6,7)/q+1;/p-1. The molecule has 13 heteroatoms. The molecule has 0 atom stereocenters. The molecule has 2 heterocycles. The highest BCUT2D eigenvalue weighted by Gasteiger charge is 2.37. The highest BCUT2D eigenvalue weighted by molar-refractivity contribution is 8.03. The Hall–Kier alpha value is -2.16. The van der Waals surface area contributed by atoms with E-state index in [0.717, 1.165) is 50.4 Å². The summed E-state index contributed by atoms with van der Waals surface area (Å²) < 4.78 is 74.7. The maximum atomic E-state index is 10.7.